The SMILES string of the molecule is O=S(=O)(Nc1ccc(F)c(S(=O)(=O)N2CCOCC2)c1)c1ccccc1. The zero-order chi connectivity index (χ0) is 18.8. The molecule has 0 amide bonds. The Hall–Kier alpha value is -2.01. The van der Waals surface area contributed by atoms with E-state index >= 15 is 0 Å². The van der Waals surface area contributed by atoms with E-state index in [4.69, 9.17) is 4.74 Å². The Labute approximate surface area is 151 Å². The van der Waals surface area contributed by atoms with Crippen molar-refractivity contribution >= 4 is 25.7 Å². The number of halogens is 1. The second-order valence-electron chi connectivity index (χ2n) is 5.58. The molecule has 1 fully saturated rings. The highest BCUT2D eigenvalue weighted by Crippen LogP contribution is 2.25. The molecule has 26 heavy (non-hydrogen) atoms. The topological polar surface area (TPSA) is 92.8 Å². The lowest BCUT2D eigenvalue weighted by molar-refractivity contribution is 0.0729. The number of nitrogens with one attached hydrogen (secondary N) is 1. The maximum atomic E-state index is 14.2. The summed E-state index contributed by atoms with van der Waals surface area (Å²) in [6.07, 6.45) is 0. The maximum Gasteiger partial charge on any atom is 0.261 e. The number of benzene rings is 2. The van der Waals surface area contributed by atoms with Gasteiger partial charge < -0.3 is 4.74 Å². The Balaban J connectivity index is 1.93. The van der Waals surface area contributed by atoms with Crippen LogP contribution in [0, 0.1) is 5.82 Å². The number of morpholine rings is 1. The van der Waals surface area contributed by atoms with Crippen molar-refractivity contribution in [3.8, 4) is 0 Å². The van der Waals surface area contributed by atoms with Crippen LogP contribution >= 0.6 is 0 Å². The molecule has 0 saturated carbocycles. The molecule has 0 bridgehead atoms. The molecule has 0 aromatic heterocycles. The number of rotatable bonds is 5. The summed E-state index contributed by atoms with van der Waals surface area (Å²) in [4.78, 5) is -0.561. The molecule has 0 unspecified atom stereocenters. The van der Waals surface area contributed by atoms with Crippen LogP contribution in [0.2, 0.25) is 0 Å². The molecular formula is C16H17FN2O5S2. The lowest BCUT2D eigenvalue weighted by Gasteiger charge is -2.26. The van der Waals surface area contributed by atoms with E-state index in [1.807, 2.05) is 0 Å². The average Bonchev–Trinajstić information content (AvgIpc) is 2.64. The molecule has 2 aromatic rings. The van der Waals surface area contributed by atoms with E-state index < -0.39 is 30.8 Å². The minimum atomic E-state index is -4.09. The zero-order valence-corrected chi connectivity index (χ0v) is 15.3. The fourth-order valence-electron chi connectivity index (χ4n) is 2.50. The lowest BCUT2D eigenvalue weighted by atomic mass is 10.3. The van der Waals surface area contributed by atoms with Gasteiger partial charge >= 0.3 is 0 Å². The van der Waals surface area contributed by atoms with Crippen molar-refractivity contribution in [1.82, 2.24) is 4.31 Å². The molecule has 0 atom stereocenters. The number of hydrogen-bond acceptors (Lipinski definition) is 5. The van der Waals surface area contributed by atoms with Gasteiger partial charge in [0, 0.05) is 13.1 Å². The highest BCUT2D eigenvalue weighted by Gasteiger charge is 2.29. The van der Waals surface area contributed by atoms with Gasteiger partial charge in [0.25, 0.3) is 10.0 Å². The van der Waals surface area contributed by atoms with E-state index in [2.05, 4.69) is 4.72 Å². The molecule has 0 aliphatic carbocycles. The van der Waals surface area contributed by atoms with Crippen molar-refractivity contribution < 1.29 is 26.0 Å². The molecule has 1 aliphatic heterocycles. The van der Waals surface area contributed by atoms with Crippen LogP contribution in [0.3, 0.4) is 0 Å². The number of sulfonamides is 2. The van der Waals surface area contributed by atoms with Gasteiger partial charge in [-0.15, -0.1) is 0 Å². The Morgan fingerprint density at radius 2 is 1.62 bits per heavy atom. The Morgan fingerprint density at radius 3 is 2.27 bits per heavy atom. The first-order valence-corrected chi connectivity index (χ1v) is 10.7. The second-order valence-corrected chi connectivity index (χ2v) is 9.17. The third-order valence-electron chi connectivity index (χ3n) is 3.82. The van der Waals surface area contributed by atoms with E-state index in [1.165, 1.54) is 18.2 Å². The zero-order valence-electron chi connectivity index (χ0n) is 13.6. The third kappa shape index (κ3) is 3.88. The first-order chi connectivity index (χ1) is 12.3. The summed E-state index contributed by atoms with van der Waals surface area (Å²) in [5.74, 6) is -0.945. The Bertz CT molecular complexity index is 989. The smallest absolute Gasteiger partial charge is 0.261 e. The van der Waals surface area contributed by atoms with Crippen molar-refractivity contribution in [3.63, 3.8) is 0 Å². The summed E-state index contributed by atoms with van der Waals surface area (Å²) in [6.45, 7) is 0.672. The molecule has 10 heteroatoms. The van der Waals surface area contributed by atoms with E-state index in [0.29, 0.717) is 0 Å². The van der Waals surface area contributed by atoms with Gasteiger partial charge in [-0.3, -0.25) is 4.72 Å². The highest BCUT2D eigenvalue weighted by molar-refractivity contribution is 7.92. The van der Waals surface area contributed by atoms with Gasteiger partial charge in [0.05, 0.1) is 23.8 Å². The van der Waals surface area contributed by atoms with Gasteiger partial charge in [-0.1, -0.05) is 18.2 Å². The van der Waals surface area contributed by atoms with Crippen LogP contribution in [0.5, 0.6) is 0 Å². The summed E-state index contributed by atoms with van der Waals surface area (Å²) >= 11 is 0. The van der Waals surface area contributed by atoms with Crippen LogP contribution in [0.15, 0.2) is 58.3 Å². The summed E-state index contributed by atoms with van der Waals surface area (Å²) < 4.78 is 72.7. The molecule has 1 saturated heterocycles. The number of ether oxygens (including phenoxy) is 1. The largest absolute Gasteiger partial charge is 0.379 e. The minimum absolute atomic E-state index is 0.0157. The van der Waals surface area contributed by atoms with Crippen molar-refractivity contribution in [2.24, 2.45) is 0 Å². The number of nitrogens with zero attached hydrogens (tertiary/aromatic N) is 1. The average molecular weight is 400 g/mol. The lowest BCUT2D eigenvalue weighted by Crippen LogP contribution is -2.40. The Kier molecular flexibility index (Phi) is 5.28. The van der Waals surface area contributed by atoms with Crippen LogP contribution in [0.1, 0.15) is 0 Å². The Morgan fingerprint density at radius 1 is 0.962 bits per heavy atom. The fourth-order valence-corrected chi connectivity index (χ4v) is 5.07. The monoisotopic (exact) mass is 400 g/mol. The van der Waals surface area contributed by atoms with Gasteiger partial charge in [0.1, 0.15) is 10.7 Å². The first kappa shape index (κ1) is 18.8. The second kappa shape index (κ2) is 7.31. The van der Waals surface area contributed by atoms with E-state index in [1.54, 1.807) is 18.2 Å². The van der Waals surface area contributed by atoms with Gasteiger partial charge in [0.2, 0.25) is 10.0 Å². The molecule has 140 valence electrons. The van der Waals surface area contributed by atoms with Crippen LogP contribution < -0.4 is 4.72 Å². The van der Waals surface area contributed by atoms with Crippen LogP contribution in [-0.4, -0.2) is 47.4 Å². The molecule has 0 radical (unpaired) electrons. The molecule has 1 aliphatic rings. The minimum Gasteiger partial charge on any atom is -0.379 e. The van der Waals surface area contributed by atoms with Crippen LogP contribution in [0.4, 0.5) is 10.1 Å². The van der Waals surface area contributed by atoms with E-state index in [0.717, 1.165) is 16.4 Å². The first-order valence-electron chi connectivity index (χ1n) is 7.76. The predicted octanol–water partition coefficient (Wildman–Crippen LogP) is 1.65. The molecule has 1 heterocycles. The fraction of sp³-hybridized carbons (Fsp3) is 0.250. The van der Waals surface area contributed by atoms with Crippen molar-refractivity contribution in [3.05, 3.63) is 54.3 Å². The van der Waals surface area contributed by atoms with Crippen molar-refractivity contribution in [1.29, 1.82) is 0 Å². The van der Waals surface area contributed by atoms with Gasteiger partial charge in [-0.2, -0.15) is 4.31 Å². The predicted molar refractivity (Wildman–Crippen MR) is 93.2 cm³/mol. The van der Waals surface area contributed by atoms with Crippen LogP contribution in [-0.2, 0) is 24.8 Å². The van der Waals surface area contributed by atoms with Gasteiger partial charge in [-0.25, -0.2) is 21.2 Å². The van der Waals surface area contributed by atoms with Crippen LogP contribution in [0.25, 0.3) is 0 Å². The summed E-state index contributed by atoms with van der Waals surface area (Å²) in [5, 5.41) is 0. The number of hydrogen-bond donors (Lipinski definition) is 1. The molecule has 0 spiro atoms. The third-order valence-corrected chi connectivity index (χ3v) is 7.14. The number of anilines is 1. The van der Waals surface area contributed by atoms with Gasteiger partial charge in [0.15, 0.2) is 0 Å². The molecule has 7 nitrogen and oxygen atoms in total. The van der Waals surface area contributed by atoms with Crippen molar-refractivity contribution in [2.45, 2.75) is 9.79 Å². The van der Waals surface area contributed by atoms with Crippen molar-refractivity contribution in [2.75, 3.05) is 31.0 Å². The molecule has 2 aromatic carbocycles. The molecule has 1 N–H and O–H groups in total. The molecular weight excluding hydrogens is 383 g/mol. The van der Waals surface area contributed by atoms with E-state index in [9.17, 15) is 21.2 Å². The maximum absolute atomic E-state index is 14.2. The summed E-state index contributed by atoms with van der Waals surface area (Å²) in [6, 6.07) is 10.7. The molecule has 3 rings (SSSR count). The quantitative estimate of drug-likeness (QED) is 0.824. The van der Waals surface area contributed by atoms with Gasteiger partial charge in [-0.05, 0) is 30.3 Å². The van der Waals surface area contributed by atoms with E-state index in [-0.39, 0.29) is 36.9 Å². The normalized spacial score (nSPS) is 16.3. The standard InChI is InChI=1S/C16H17FN2O5S2/c17-15-7-6-13(18-25(20,21)14-4-2-1-3-5-14)12-16(15)26(22,23)19-8-10-24-11-9-19/h1-7,12,18H,8-11H2. The summed E-state index contributed by atoms with van der Waals surface area (Å²) in [7, 11) is -8.01. The summed E-state index contributed by atoms with van der Waals surface area (Å²) in [5.41, 5.74) is -0.0397. The highest BCUT2D eigenvalue weighted by atomic mass is 32.2.